The van der Waals surface area contributed by atoms with Gasteiger partial charge in [0.1, 0.15) is 0 Å². The molecule has 2 aromatic carbocycles. The maximum atomic E-state index is 10.7. The lowest BCUT2D eigenvalue weighted by atomic mass is 10.2. The van der Waals surface area contributed by atoms with Gasteiger partial charge in [-0.15, -0.1) is 0 Å². The van der Waals surface area contributed by atoms with Crippen molar-refractivity contribution in [2.45, 2.75) is 64.8 Å². The molecule has 1 heterocycles. The van der Waals surface area contributed by atoms with Crippen LogP contribution in [0.2, 0.25) is 0 Å². The fourth-order valence-electron chi connectivity index (χ4n) is 4.03. The van der Waals surface area contributed by atoms with Crippen molar-refractivity contribution >= 4 is 0 Å². The molecule has 0 bridgehead atoms. The molecule has 3 aromatic rings. The molecule has 1 atom stereocenters. The molecule has 0 amide bonds. The van der Waals surface area contributed by atoms with E-state index in [1.165, 1.54) is 0 Å². The first kappa shape index (κ1) is 25.2. The zero-order valence-corrected chi connectivity index (χ0v) is 21.4. The first-order chi connectivity index (χ1) is 16.7. The van der Waals surface area contributed by atoms with Gasteiger partial charge in [-0.2, -0.15) is 5.10 Å². The molecule has 0 aliphatic heterocycles. The minimum absolute atomic E-state index is 0.283. The van der Waals surface area contributed by atoms with Crippen LogP contribution in [0, 0.1) is 6.92 Å². The minimum Gasteiger partial charge on any atom is -0.493 e. The number of aryl methyl sites for hydroxylation is 1. The predicted molar refractivity (Wildman–Crippen MR) is 137 cm³/mol. The molecule has 0 saturated heterocycles. The molecule has 188 valence electrons. The smallest absolute Gasteiger partial charge is 0.227 e. The van der Waals surface area contributed by atoms with Crippen LogP contribution in [0.4, 0.5) is 0 Å². The number of benzene rings is 2. The van der Waals surface area contributed by atoms with Gasteiger partial charge in [0.25, 0.3) is 0 Å². The van der Waals surface area contributed by atoms with Gasteiger partial charge >= 0.3 is 0 Å². The average molecular weight is 480 g/mol. The number of aliphatic hydroxyl groups excluding tert-OH is 1. The van der Waals surface area contributed by atoms with Gasteiger partial charge in [-0.1, -0.05) is 30.3 Å². The summed E-state index contributed by atoms with van der Waals surface area (Å²) in [6, 6.07) is 18.0. The Bertz CT molecular complexity index is 1100. The van der Waals surface area contributed by atoms with E-state index in [-0.39, 0.29) is 5.60 Å². The second-order valence-electron chi connectivity index (χ2n) is 10.1. The molecule has 0 radical (unpaired) electrons. The SMILES string of the molecule is COc1ccccc1Oc1c(CN(C[C@@H](O)COC(C)(C)C)C2CC2)c(C)nn1-c1ccccc1. The van der Waals surface area contributed by atoms with E-state index < -0.39 is 6.10 Å². The number of ether oxygens (including phenoxy) is 3. The topological polar surface area (TPSA) is 69.0 Å². The second-order valence-corrected chi connectivity index (χ2v) is 10.1. The highest BCUT2D eigenvalue weighted by Gasteiger charge is 2.33. The highest BCUT2D eigenvalue weighted by molar-refractivity contribution is 5.47. The van der Waals surface area contributed by atoms with E-state index in [1.807, 2.05) is 87.0 Å². The second kappa shape index (κ2) is 10.8. The highest BCUT2D eigenvalue weighted by atomic mass is 16.5. The Morgan fingerprint density at radius 1 is 1.06 bits per heavy atom. The Balaban J connectivity index is 1.65. The van der Waals surface area contributed by atoms with Crippen LogP contribution < -0.4 is 9.47 Å². The van der Waals surface area contributed by atoms with Crippen LogP contribution in [-0.4, -0.2) is 57.8 Å². The summed E-state index contributed by atoms with van der Waals surface area (Å²) in [6.07, 6.45) is 1.68. The Morgan fingerprint density at radius 2 is 1.71 bits per heavy atom. The lowest BCUT2D eigenvalue weighted by Gasteiger charge is -2.27. The van der Waals surface area contributed by atoms with E-state index in [1.54, 1.807) is 7.11 Å². The summed E-state index contributed by atoms with van der Waals surface area (Å²) in [6.45, 7) is 9.47. The zero-order valence-electron chi connectivity index (χ0n) is 21.4. The molecule has 1 saturated carbocycles. The van der Waals surface area contributed by atoms with Gasteiger partial charge in [-0.05, 0) is 64.8 Å². The zero-order chi connectivity index (χ0) is 25.0. The standard InChI is InChI=1S/C28H37N3O4/c1-20-24(18-30(21-15-16-21)17-23(32)19-34-28(2,3)4)27(31(29-20)22-11-7-6-8-12-22)35-26-14-10-9-13-25(26)33-5/h6-14,21,23,32H,15-19H2,1-5H3/t23-/m1/s1. The first-order valence-electron chi connectivity index (χ1n) is 12.3. The lowest BCUT2D eigenvalue weighted by Crippen LogP contribution is -2.38. The highest BCUT2D eigenvalue weighted by Crippen LogP contribution is 2.37. The maximum absolute atomic E-state index is 10.7. The van der Waals surface area contributed by atoms with Crippen molar-refractivity contribution in [2.24, 2.45) is 0 Å². The van der Waals surface area contributed by atoms with Crippen LogP contribution in [-0.2, 0) is 11.3 Å². The normalized spacial score (nSPS) is 14.8. The number of nitrogens with zero attached hydrogens (tertiary/aromatic N) is 3. The van der Waals surface area contributed by atoms with E-state index in [2.05, 4.69) is 4.90 Å². The molecular formula is C28H37N3O4. The molecular weight excluding hydrogens is 442 g/mol. The first-order valence-corrected chi connectivity index (χ1v) is 12.3. The maximum Gasteiger partial charge on any atom is 0.227 e. The summed E-state index contributed by atoms with van der Waals surface area (Å²) >= 11 is 0. The minimum atomic E-state index is -0.571. The van der Waals surface area contributed by atoms with Crippen LogP contribution in [0.1, 0.15) is 44.9 Å². The van der Waals surface area contributed by atoms with E-state index >= 15 is 0 Å². The van der Waals surface area contributed by atoms with Crippen molar-refractivity contribution in [3.05, 3.63) is 65.9 Å². The van der Waals surface area contributed by atoms with Gasteiger partial charge in [0, 0.05) is 19.1 Å². The van der Waals surface area contributed by atoms with Crippen LogP contribution in [0.15, 0.2) is 54.6 Å². The summed E-state index contributed by atoms with van der Waals surface area (Å²) in [5, 5.41) is 15.6. The fraction of sp³-hybridized carbons (Fsp3) is 0.464. The third-order valence-electron chi connectivity index (χ3n) is 5.99. The van der Waals surface area contributed by atoms with Gasteiger partial charge in [-0.3, -0.25) is 4.90 Å². The van der Waals surface area contributed by atoms with Crippen LogP contribution in [0.25, 0.3) is 5.69 Å². The third kappa shape index (κ3) is 6.63. The van der Waals surface area contributed by atoms with Crippen molar-refractivity contribution in [1.29, 1.82) is 0 Å². The van der Waals surface area contributed by atoms with Crippen LogP contribution in [0.3, 0.4) is 0 Å². The van der Waals surface area contributed by atoms with Crippen LogP contribution >= 0.6 is 0 Å². The summed E-state index contributed by atoms with van der Waals surface area (Å²) < 4.78 is 19.7. The number of para-hydroxylation sites is 3. The van der Waals surface area contributed by atoms with Gasteiger partial charge in [-0.25, -0.2) is 4.68 Å². The molecule has 1 fully saturated rings. The number of methoxy groups -OCH3 is 1. The Labute approximate surface area is 208 Å². The monoisotopic (exact) mass is 479 g/mol. The number of rotatable bonds is 11. The van der Waals surface area contributed by atoms with Crippen LogP contribution in [0.5, 0.6) is 17.4 Å². The van der Waals surface area contributed by atoms with Crippen molar-refractivity contribution in [3.8, 4) is 23.1 Å². The van der Waals surface area contributed by atoms with E-state index in [9.17, 15) is 5.11 Å². The Kier molecular flexibility index (Phi) is 7.79. The molecule has 7 heteroatoms. The van der Waals surface area contributed by atoms with E-state index in [0.717, 1.165) is 29.8 Å². The van der Waals surface area contributed by atoms with Crippen molar-refractivity contribution in [2.75, 3.05) is 20.3 Å². The molecule has 0 unspecified atom stereocenters. The third-order valence-corrected chi connectivity index (χ3v) is 5.99. The Hall–Kier alpha value is -2.87. The van der Waals surface area contributed by atoms with Gasteiger partial charge in [0.05, 0.1) is 42.4 Å². The summed E-state index contributed by atoms with van der Waals surface area (Å²) in [7, 11) is 1.64. The summed E-state index contributed by atoms with van der Waals surface area (Å²) in [5.74, 6) is 1.94. The van der Waals surface area contributed by atoms with E-state index in [4.69, 9.17) is 19.3 Å². The molecule has 35 heavy (non-hydrogen) atoms. The fourth-order valence-corrected chi connectivity index (χ4v) is 4.03. The lowest BCUT2D eigenvalue weighted by molar-refractivity contribution is -0.0573. The molecule has 0 spiro atoms. The number of hydrogen-bond acceptors (Lipinski definition) is 6. The summed E-state index contributed by atoms with van der Waals surface area (Å²) in [5.41, 5.74) is 2.53. The Morgan fingerprint density at radius 3 is 2.34 bits per heavy atom. The number of aromatic nitrogens is 2. The number of aliphatic hydroxyl groups is 1. The molecule has 1 aliphatic carbocycles. The number of hydrogen-bond donors (Lipinski definition) is 1. The molecule has 1 aromatic heterocycles. The van der Waals surface area contributed by atoms with Crippen molar-refractivity contribution < 1.29 is 19.3 Å². The molecule has 1 aliphatic rings. The van der Waals surface area contributed by atoms with Gasteiger partial charge in [0.15, 0.2) is 11.5 Å². The van der Waals surface area contributed by atoms with Gasteiger partial charge < -0.3 is 19.3 Å². The largest absolute Gasteiger partial charge is 0.493 e. The molecule has 7 nitrogen and oxygen atoms in total. The predicted octanol–water partition coefficient (Wildman–Crippen LogP) is 5.12. The van der Waals surface area contributed by atoms with E-state index in [0.29, 0.717) is 43.1 Å². The summed E-state index contributed by atoms with van der Waals surface area (Å²) in [4.78, 5) is 2.32. The van der Waals surface area contributed by atoms with Crippen molar-refractivity contribution in [1.82, 2.24) is 14.7 Å². The van der Waals surface area contributed by atoms with Gasteiger partial charge in [0.2, 0.25) is 5.88 Å². The quantitative estimate of drug-likeness (QED) is 0.412. The molecule has 4 rings (SSSR count). The van der Waals surface area contributed by atoms with Crippen molar-refractivity contribution in [3.63, 3.8) is 0 Å². The molecule has 1 N–H and O–H groups in total. The average Bonchev–Trinajstić information content (AvgIpc) is 3.64.